The second kappa shape index (κ2) is 5.36. The van der Waals surface area contributed by atoms with Gasteiger partial charge in [-0.2, -0.15) is 13.2 Å². The van der Waals surface area contributed by atoms with Gasteiger partial charge < -0.3 is 4.74 Å². The van der Waals surface area contributed by atoms with Crippen molar-refractivity contribution in [2.24, 2.45) is 0 Å². The molecule has 4 nitrogen and oxygen atoms in total. The zero-order valence-corrected chi connectivity index (χ0v) is 10.2. The maximum atomic E-state index is 12.5. The number of allylic oxidation sites excluding steroid dienone is 3. The topological polar surface area (TPSA) is 52.4 Å². The molecule has 0 fully saturated rings. The standard InChI is InChI=1S/C13H10F3NO3/c14-13(15,16)9-3-1-5-11(7-9)20-12-6-2-4-10(8-12)17(18)19/h1,3-5,7-8H,2,6H2. The van der Waals surface area contributed by atoms with Gasteiger partial charge in [0.05, 0.1) is 16.6 Å². The number of hydrogen-bond acceptors (Lipinski definition) is 3. The lowest BCUT2D eigenvalue weighted by Gasteiger charge is -2.13. The van der Waals surface area contributed by atoms with Crippen LogP contribution in [-0.4, -0.2) is 4.92 Å². The third-order valence-corrected chi connectivity index (χ3v) is 2.67. The summed E-state index contributed by atoms with van der Waals surface area (Å²) in [5, 5.41) is 10.6. The van der Waals surface area contributed by atoms with Gasteiger partial charge in [-0.1, -0.05) is 6.07 Å². The number of benzene rings is 1. The Morgan fingerprint density at radius 3 is 2.70 bits per heavy atom. The van der Waals surface area contributed by atoms with Crippen LogP contribution in [0.4, 0.5) is 13.2 Å². The summed E-state index contributed by atoms with van der Waals surface area (Å²) in [6.45, 7) is 0. The highest BCUT2D eigenvalue weighted by atomic mass is 19.4. The molecule has 0 amide bonds. The third-order valence-electron chi connectivity index (χ3n) is 2.67. The predicted molar refractivity (Wildman–Crippen MR) is 64.5 cm³/mol. The molecule has 0 saturated heterocycles. The molecule has 1 aromatic carbocycles. The largest absolute Gasteiger partial charge is 0.461 e. The van der Waals surface area contributed by atoms with E-state index in [9.17, 15) is 23.3 Å². The molecule has 2 rings (SSSR count). The van der Waals surface area contributed by atoms with E-state index in [4.69, 9.17) is 4.74 Å². The Morgan fingerprint density at radius 1 is 1.30 bits per heavy atom. The number of nitrogens with zero attached hydrogens (tertiary/aromatic N) is 1. The summed E-state index contributed by atoms with van der Waals surface area (Å²) in [7, 11) is 0. The van der Waals surface area contributed by atoms with Crippen molar-refractivity contribution in [3.05, 3.63) is 63.6 Å². The predicted octanol–water partition coefficient (Wildman–Crippen LogP) is 3.92. The van der Waals surface area contributed by atoms with Gasteiger partial charge >= 0.3 is 6.18 Å². The molecule has 0 heterocycles. The van der Waals surface area contributed by atoms with E-state index < -0.39 is 16.7 Å². The fourth-order valence-corrected chi connectivity index (χ4v) is 1.75. The average molecular weight is 285 g/mol. The molecule has 0 spiro atoms. The normalized spacial score (nSPS) is 15.3. The van der Waals surface area contributed by atoms with E-state index in [1.807, 2.05) is 0 Å². The molecule has 0 unspecified atom stereocenters. The molecule has 0 saturated carbocycles. The molecule has 7 heteroatoms. The fraction of sp³-hybridized carbons (Fsp3) is 0.231. The minimum absolute atomic E-state index is 0.00988. The van der Waals surface area contributed by atoms with Gasteiger partial charge in [0.25, 0.3) is 5.70 Å². The molecule has 1 aliphatic carbocycles. The van der Waals surface area contributed by atoms with Crippen LogP contribution in [0, 0.1) is 10.1 Å². The summed E-state index contributed by atoms with van der Waals surface area (Å²) < 4.78 is 42.9. The molecule has 1 aliphatic rings. The minimum atomic E-state index is -4.45. The van der Waals surface area contributed by atoms with Crippen molar-refractivity contribution in [3.8, 4) is 5.75 Å². The number of alkyl halides is 3. The van der Waals surface area contributed by atoms with Crippen LogP contribution in [0.15, 0.2) is 47.9 Å². The Morgan fingerprint density at radius 2 is 2.05 bits per heavy atom. The van der Waals surface area contributed by atoms with Gasteiger partial charge in [0.15, 0.2) is 0 Å². The molecular formula is C13H10F3NO3. The quantitative estimate of drug-likeness (QED) is 0.624. The Balaban J connectivity index is 2.19. The number of nitro groups is 1. The highest BCUT2D eigenvalue weighted by Gasteiger charge is 2.30. The van der Waals surface area contributed by atoms with Crippen molar-refractivity contribution < 1.29 is 22.8 Å². The summed E-state index contributed by atoms with van der Waals surface area (Å²) in [6, 6.07) is 4.40. The Bertz CT molecular complexity index is 591. The van der Waals surface area contributed by atoms with Crippen molar-refractivity contribution in [1.82, 2.24) is 0 Å². The molecule has 0 N–H and O–H groups in total. The SMILES string of the molecule is O=[N+]([O-])C1=CCCC(Oc2cccc(C(F)(F)F)c2)=C1. The first-order valence-corrected chi connectivity index (χ1v) is 5.76. The average Bonchev–Trinajstić information content (AvgIpc) is 2.38. The fourth-order valence-electron chi connectivity index (χ4n) is 1.75. The third kappa shape index (κ3) is 3.37. The van der Waals surface area contributed by atoms with E-state index in [0.717, 1.165) is 12.1 Å². The van der Waals surface area contributed by atoms with Crippen LogP contribution in [-0.2, 0) is 6.18 Å². The maximum Gasteiger partial charge on any atom is 0.416 e. The number of hydrogen-bond donors (Lipinski definition) is 0. The summed E-state index contributed by atoms with van der Waals surface area (Å²) in [5.74, 6) is 0.286. The van der Waals surface area contributed by atoms with Gasteiger partial charge in [-0.3, -0.25) is 10.1 Å². The molecule has 0 bridgehead atoms. The van der Waals surface area contributed by atoms with E-state index in [1.165, 1.54) is 24.3 Å². The lowest BCUT2D eigenvalue weighted by atomic mass is 10.1. The van der Waals surface area contributed by atoms with E-state index in [0.29, 0.717) is 12.8 Å². The van der Waals surface area contributed by atoms with Crippen LogP contribution in [0.5, 0.6) is 5.75 Å². The van der Waals surface area contributed by atoms with Crippen molar-refractivity contribution in [1.29, 1.82) is 0 Å². The summed E-state index contributed by atoms with van der Waals surface area (Å²) in [4.78, 5) is 10.1. The van der Waals surface area contributed by atoms with Crippen molar-refractivity contribution in [2.75, 3.05) is 0 Å². The maximum absolute atomic E-state index is 12.5. The second-order valence-corrected chi connectivity index (χ2v) is 4.16. The van der Waals surface area contributed by atoms with Crippen LogP contribution in [0.3, 0.4) is 0 Å². The van der Waals surface area contributed by atoms with E-state index in [1.54, 1.807) is 0 Å². The highest BCUT2D eigenvalue weighted by Crippen LogP contribution is 2.32. The number of rotatable bonds is 3. The van der Waals surface area contributed by atoms with Crippen molar-refractivity contribution >= 4 is 0 Å². The first kappa shape index (κ1) is 14.1. The van der Waals surface area contributed by atoms with Crippen LogP contribution < -0.4 is 4.74 Å². The first-order chi connectivity index (χ1) is 9.36. The van der Waals surface area contributed by atoms with Gasteiger partial charge in [0.2, 0.25) is 0 Å². The summed E-state index contributed by atoms with van der Waals surface area (Å²) in [6.07, 6.45) is -0.955. The van der Waals surface area contributed by atoms with Gasteiger partial charge in [-0.05, 0) is 30.7 Å². The zero-order valence-electron chi connectivity index (χ0n) is 10.2. The lowest BCUT2D eigenvalue weighted by molar-refractivity contribution is -0.419. The molecule has 0 atom stereocenters. The molecule has 1 aromatic rings. The molecule has 20 heavy (non-hydrogen) atoms. The lowest BCUT2D eigenvalue weighted by Crippen LogP contribution is -2.07. The Hall–Kier alpha value is -2.31. The number of halogens is 3. The summed E-state index contributed by atoms with van der Waals surface area (Å²) in [5.41, 5.74) is -0.935. The van der Waals surface area contributed by atoms with Gasteiger partial charge in [0.1, 0.15) is 11.5 Å². The van der Waals surface area contributed by atoms with Crippen molar-refractivity contribution in [3.63, 3.8) is 0 Å². The van der Waals surface area contributed by atoms with Gasteiger partial charge in [-0.15, -0.1) is 0 Å². The Kier molecular flexibility index (Phi) is 3.78. The van der Waals surface area contributed by atoms with Crippen LogP contribution in [0.25, 0.3) is 0 Å². The van der Waals surface area contributed by atoms with Gasteiger partial charge in [0, 0.05) is 6.42 Å². The van der Waals surface area contributed by atoms with E-state index in [2.05, 4.69) is 0 Å². The molecule has 0 aliphatic heterocycles. The van der Waals surface area contributed by atoms with Gasteiger partial charge in [-0.25, -0.2) is 0 Å². The smallest absolute Gasteiger partial charge is 0.416 e. The molecule has 0 aromatic heterocycles. The minimum Gasteiger partial charge on any atom is -0.461 e. The number of ether oxygens (including phenoxy) is 1. The molecule has 0 radical (unpaired) electrons. The van der Waals surface area contributed by atoms with Crippen LogP contribution in [0.2, 0.25) is 0 Å². The highest BCUT2D eigenvalue weighted by molar-refractivity contribution is 5.32. The molecular weight excluding hydrogens is 275 g/mol. The van der Waals surface area contributed by atoms with E-state index >= 15 is 0 Å². The second-order valence-electron chi connectivity index (χ2n) is 4.16. The van der Waals surface area contributed by atoms with E-state index in [-0.39, 0.29) is 17.2 Å². The van der Waals surface area contributed by atoms with Crippen molar-refractivity contribution in [2.45, 2.75) is 19.0 Å². The monoisotopic (exact) mass is 285 g/mol. The van der Waals surface area contributed by atoms with Crippen LogP contribution >= 0.6 is 0 Å². The Labute approximate surface area is 112 Å². The zero-order chi connectivity index (χ0) is 14.8. The summed E-state index contributed by atoms with van der Waals surface area (Å²) >= 11 is 0. The molecule has 106 valence electrons. The first-order valence-electron chi connectivity index (χ1n) is 5.76. The van der Waals surface area contributed by atoms with Crippen LogP contribution in [0.1, 0.15) is 18.4 Å².